The van der Waals surface area contributed by atoms with Gasteiger partial charge in [-0.25, -0.2) is 0 Å². The Bertz CT molecular complexity index is 141. The van der Waals surface area contributed by atoms with Gasteiger partial charge in [0.15, 0.2) is 0 Å². The Labute approximate surface area is 74.3 Å². The van der Waals surface area contributed by atoms with Crippen LogP contribution < -0.4 is 0 Å². The molecule has 0 atom stereocenters. The van der Waals surface area contributed by atoms with Crippen molar-refractivity contribution in [2.24, 2.45) is 5.92 Å². The molecule has 0 saturated carbocycles. The van der Waals surface area contributed by atoms with Gasteiger partial charge in [0.2, 0.25) is 0 Å². The van der Waals surface area contributed by atoms with E-state index in [1.165, 1.54) is 0 Å². The van der Waals surface area contributed by atoms with E-state index in [-0.39, 0.29) is 0 Å². The summed E-state index contributed by atoms with van der Waals surface area (Å²) in [7, 11) is 1.70. The first kappa shape index (κ1) is 9.96. The molecule has 0 aromatic carbocycles. The molecule has 72 valence electrons. The Balaban J connectivity index is 2.18. The number of rotatable bonds is 4. The number of hydrogen-bond donors (Lipinski definition) is 1. The SMILES string of the molecule is COCCN1CC(O)(C(C)C)C1. The van der Waals surface area contributed by atoms with E-state index >= 15 is 0 Å². The van der Waals surface area contributed by atoms with Gasteiger partial charge in [-0.15, -0.1) is 0 Å². The predicted octanol–water partition coefficient (Wildman–Crippen LogP) is 0.335. The molecule has 1 fully saturated rings. The first-order valence-corrected chi connectivity index (χ1v) is 4.52. The van der Waals surface area contributed by atoms with Gasteiger partial charge in [0, 0.05) is 26.7 Å². The van der Waals surface area contributed by atoms with Crippen LogP contribution in [0.5, 0.6) is 0 Å². The average Bonchev–Trinajstić information content (AvgIpc) is 1.95. The van der Waals surface area contributed by atoms with E-state index in [2.05, 4.69) is 18.7 Å². The van der Waals surface area contributed by atoms with Crippen LogP contribution in [0.2, 0.25) is 0 Å². The number of nitrogens with zero attached hydrogens (tertiary/aromatic N) is 1. The summed E-state index contributed by atoms with van der Waals surface area (Å²) < 4.78 is 4.95. The summed E-state index contributed by atoms with van der Waals surface area (Å²) in [6.45, 7) is 7.42. The maximum Gasteiger partial charge on any atom is 0.0922 e. The highest BCUT2D eigenvalue weighted by molar-refractivity contribution is 4.97. The maximum absolute atomic E-state index is 9.87. The fourth-order valence-corrected chi connectivity index (χ4v) is 1.47. The lowest BCUT2D eigenvalue weighted by Gasteiger charge is -2.49. The van der Waals surface area contributed by atoms with Gasteiger partial charge in [0.25, 0.3) is 0 Å². The zero-order valence-electron chi connectivity index (χ0n) is 8.21. The molecule has 1 saturated heterocycles. The summed E-state index contributed by atoms with van der Waals surface area (Å²) in [6.07, 6.45) is 0. The van der Waals surface area contributed by atoms with Crippen molar-refractivity contribution >= 4 is 0 Å². The van der Waals surface area contributed by atoms with Crippen LogP contribution >= 0.6 is 0 Å². The zero-order valence-corrected chi connectivity index (χ0v) is 8.21. The summed E-state index contributed by atoms with van der Waals surface area (Å²) in [6, 6.07) is 0. The number of β-amino-alcohol motifs (C(OH)–C–C–N with tert-alkyl or cyclic N) is 1. The van der Waals surface area contributed by atoms with E-state index < -0.39 is 5.60 Å². The van der Waals surface area contributed by atoms with Crippen molar-refractivity contribution in [3.8, 4) is 0 Å². The Morgan fingerprint density at radius 3 is 2.50 bits per heavy atom. The van der Waals surface area contributed by atoms with Gasteiger partial charge in [-0.05, 0) is 5.92 Å². The van der Waals surface area contributed by atoms with Gasteiger partial charge in [-0.1, -0.05) is 13.8 Å². The second-order valence-electron chi connectivity index (χ2n) is 3.96. The van der Waals surface area contributed by atoms with Crippen LogP contribution in [0.15, 0.2) is 0 Å². The normalized spacial score (nSPS) is 22.8. The second kappa shape index (κ2) is 3.73. The van der Waals surface area contributed by atoms with E-state index in [9.17, 15) is 5.11 Å². The van der Waals surface area contributed by atoms with E-state index in [4.69, 9.17) is 4.74 Å². The largest absolute Gasteiger partial charge is 0.387 e. The highest BCUT2D eigenvalue weighted by atomic mass is 16.5. The fourth-order valence-electron chi connectivity index (χ4n) is 1.47. The van der Waals surface area contributed by atoms with Crippen molar-refractivity contribution in [2.45, 2.75) is 19.4 Å². The highest BCUT2D eigenvalue weighted by Crippen LogP contribution is 2.27. The summed E-state index contributed by atoms with van der Waals surface area (Å²) in [4.78, 5) is 2.21. The molecule has 1 rings (SSSR count). The van der Waals surface area contributed by atoms with Gasteiger partial charge in [0.1, 0.15) is 0 Å². The van der Waals surface area contributed by atoms with Gasteiger partial charge < -0.3 is 9.84 Å². The molecule has 0 bridgehead atoms. The third-order valence-corrected chi connectivity index (χ3v) is 2.68. The fraction of sp³-hybridized carbons (Fsp3) is 1.00. The van der Waals surface area contributed by atoms with Crippen LogP contribution in [0.3, 0.4) is 0 Å². The van der Waals surface area contributed by atoms with E-state index in [1.807, 2.05) is 0 Å². The monoisotopic (exact) mass is 173 g/mol. The number of ether oxygens (including phenoxy) is 1. The molecular formula is C9H19NO2. The predicted molar refractivity (Wildman–Crippen MR) is 48.1 cm³/mol. The molecular weight excluding hydrogens is 154 g/mol. The summed E-state index contributed by atoms with van der Waals surface area (Å²) in [5.41, 5.74) is -0.437. The van der Waals surface area contributed by atoms with Crippen molar-refractivity contribution in [1.29, 1.82) is 0 Å². The number of likely N-dealkylation sites (tertiary alicyclic amines) is 1. The number of hydrogen-bond acceptors (Lipinski definition) is 3. The summed E-state index contributed by atoms with van der Waals surface area (Å²) >= 11 is 0. The van der Waals surface area contributed by atoms with Crippen molar-refractivity contribution in [2.75, 3.05) is 33.4 Å². The lowest BCUT2D eigenvalue weighted by atomic mass is 9.83. The maximum atomic E-state index is 9.87. The molecule has 1 heterocycles. The van der Waals surface area contributed by atoms with Crippen LogP contribution in [0, 0.1) is 5.92 Å². The van der Waals surface area contributed by atoms with Crippen molar-refractivity contribution < 1.29 is 9.84 Å². The van der Waals surface area contributed by atoms with Crippen LogP contribution in [0.25, 0.3) is 0 Å². The first-order valence-electron chi connectivity index (χ1n) is 4.52. The quantitative estimate of drug-likeness (QED) is 0.665. The van der Waals surface area contributed by atoms with Crippen molar-refractivity contribution in [3.63, 3.8) is 0 Å². The van der Waals surface area contributed by atoms with Gasteiger partial charge in [0.05, 0.1) is 12.2 Å². The standard InChI is InChI=1S/C9H19NO2/c1-8(2)9(11)6-10(7-9)4-5-12-3/h8,11H,4-7H2,1-3H3. The molecule has 1 N–H and O–H groups in total. The molecule has 0 aliphatic carbocycles. The molecule has 12 heavy (non-hydrogen) atoms. The highest BCUT2D eigenvalue weighted by Gasteiger charge is 2.42. The van der Waals surface area contributed by atoms with E-state index in [0.29, 0.717) is 5.92 Å². The number of methoxy groups -OCH3 is 1. The van der Waals surface area contributed by atoms with Crippen LogP contribution in [0.4, 0.5) is 0 Å². The van der Waals surface area contributed by atoms with Crippen LogP contribution in [-0.2, 0) is 4.74 Å². The van der Waals surface area contributed by atoms with Gasteiger partial charge in [-0.3, -0.25) is 4.90 Å². The minimum absolute atomic E-state index is 0.358. The lowest BCUT2D eigenvalue weighted by Crippen LogP contribution is -2.64. The third kappa shape index (κ3) is 1.97. The Morgan fingerprint density at radius 2 is 2.08 bits per heavy atom. The molecule has 0 radical (unpaired) electrons. The number of aliphatic hydroxyl groups is 1. The molecule has 0 aromatic heterocycles. The molecule has 3 nitrogen and oxygen atoms in total. The molecule has 3 heteroatoms. The first-order chi connectivity index (χ1) is 5.58. The summed E-state index contributed by atoms with van der Waals surface area (Å²) in [5, 5.41) is 9.87. The van der Waals surface area contributed by atoms with Crippen LogP contribution in [-0.4, -0.2) is 49.0 Å². The minimum Gasteiger partial charge on any atom is -0.387 e. The smallest absolute Gasteiger partial charge is 0.0922 e. The average molecular weight is 173 g/mol. The molecule has 0 amide bonds. The zero-order chi connectivity index (χ0) is 9.19. The van der Waals surface area contributed by atoms with Crippen LogP contribution in [0.1, 0.15) is 13.8 Å². The molecule has 1 aliphatic heterocycles. The second-order valence-corrected chi connectivity index (χ2v) is 3.96. The van der Waals surface area contributed by atoms with Crippen molar-refractivity contribution in [1.82, 2.24) is 4.90 Å². The third-order valence-electron chi connectivity index (χ3n) is 2.68. The van der Waals surface area contributed by atoms with E-state index in [1.54, 1.807) is 7.11 Å². The molecule has 1 aliphatic rings. The van der Waals surface area contributed by atoms with Gasteiger partial charge in [-0.2, -0.15) is 0 Å². The lowest BCUT2D eigenvalue weighted by molar-refractivity contribution is -0.130. The summed E-state index contributed by atoms with van der Waals surface area (Å²) in [5.74, 6) is 0.358. The van der Waals surface area contributed by atoms with Gasteiger partial charge >= 0.3 is 0 Å². The van der Waals surface area contributed by atoms with Crippen molar-refractivity contribution in [3.05, 3.63) is 0 Å². The topological polar surface area (TPSA) is 32.7 Å². The van der Waals surface area contributed by atoms with E-state index in [0.717, 1.165) is 26.2 Å². The molecule has 0 aromatic rings. The Morgan fingerprint density at radius 1 is 1.50 bits per heavy atom. The Kier molecular flexibility index (Phi) is 3.09. The molecule has 0 spiro atoms. The molecule has 0 unspecified atom stereocenters. The Hall–Kier alpha value is -0.120. The minimum atomic E-state index is -0.437.